The van der Waals surface area contributed by atoms with Crippen molar-refractivity contribution in [1.82, 2.24) is 14.5 Å². The number of morpholine rings is 1. The number of piperidine rings is 1. The minimum absolute atomic E-state index is 0.00312. The molecule has 2 aliphatic rings. The van der Waals surface area contributed by atoms with Gasteiger partial charge in [0.15, 0.2) is 0 Å². The van der Waals surface area contributed by atoms with Gasteiger partial charge in [-0.3, -0.25) is 9.36 Å². The zero-order valence-corrected chi connectivity index (χ0v) is 13.2. The lowest BCUT2D eigenvalue weighted by atomic mass is 9.95. The molecule has 0 radical (unpaired) electrons. The monoisotopic (exact) mass is 323 g/mol. The van der Waals surface area contributed by atoms with E-state index in [2.05, 4.69) is 4.98 Å². The van der Waals surface area contributed by atoms with Crippen LogP contribution in [-0.4, -0.2) is 64.7 Å². The molecule has 0 atom stereocenters. The van der Waals surface area contributed by atoms with Crippen LogP contribution in [-0.2, 0) is 16.6 Å². The summed E-state index contributed by atoms with van der Waals surface area (Å²) in [5.41, 5.74) is 0. The number of aromatic nitrogens is 2. The summed E-state index contributed by atoms with van der Waals surface area (Å²) in [5.74, 6) is 0.585. The lowest BCUT2D eigenvalue weighted by molar-refractivity contribution is -0.388. The molecule has 0 N–H and O–H groups in total. The van der Waals surface area contributed by atoms with E-state index in [1.54, 1.807) is 11.6 Å². The molecule has 1 aromatic heterocycles. The van der Waals surface area contributed by atoms with Gasteiger partial charge in [-0.2, -0.15) is 0 Å². The fraction of sp³-hybridized carbons (Fsp3) is 0.714. The summed E-state index contributed by atoms with van der Waals surface area (Å²) in [7, 11) is 1.75. The fourth-order valence-corrected chi connectivity index (χ4v) is 3.28. The smallest absolute Gasteiger partial charge is 0.378 e. The largest absolute Gasteiger partial charge is 0.406 e. The molecule has 3 rings (SSSR count). The molecule has 9 heteroatoms. The molecular weight excluding hydrogens is 302 g/mol. The van der Waals surface area contributed by atoms with Crippen LogP contribution in [0, 0.1) is 16.0 Å². The van der Waals surface area contributed by atoms with Crippen LogP contribution in [0.1, 0.15) is 12.8 Å². The zero-order chi connectivity index (χ0) is 16.4. The van der Waals surface area contributed by atoms with E-state index in [1.807, 2.05) is 9.80 Å². The minimum atomic E-state index is -0.458. The van der Waals surface area contributed by atoms with E-state index < -0.39 is 4.92 Å². The Labute approximate surface area is 134 Å². The summed E-state index contributed by atoms with van der Waals surface area (Å²) < 4.78 is 6.95. The first-order valence-corrected chi connectivity index (χ1v) is 7.85. The van der Waals surface area contributed by atoms with E-state index in [0.717, 1.165) is 0 Å². The van der Waals surface area contributed by atoms with Gasteiger partial charge in [0, 0.05) is 39.1 Å². The lowest BCUT2D eigenvalue weighted by Gasteiger charge is -2.35. The van der Waals surface area contributed by atoms with E-state index >= 15 is 0 Å². The van der Waals surface area contributed by atoms with Crippen LogP contribution in [0.25, 0.3) is 0 Å². The maximum Gasteiger partial charge on any atom is 0.406 e. The summed E-state index contributed by atoms with van der Waals surface area (Å²) in [6, 6.07) is 0. The Hall–Kier alpha value is -2.16. The standard InChI is InChI=1S/C14H21N5O4/c1-16-10-15-12(19(21)22)13(16)17-4-2-11(3-5-17)14(20)18-6-8-23-9-7-18/h10-11H,2-9H2,1H3. The first kappa shape index (κ1) is 15.7. The highest BCUT2D eigenvalue weighted by molar-refractivity contribution is 5.79. The predicted octanol–water partition coefficient (Wildman–Crippen LogP) is 0.403. The van der Waals surface area contributed by atoms with Gasteiger partial charge in [0.2, 0.25) is 18.1 Å². The number of amides is 1. The predicted molar refractivity (Wildman–Crippen MR) is 82.2 cm³/mol. The molecular formula is C14H21N5O4. The Morgan fingerprint density at radius 2 is 1.96 bits per heavy atom. The van der Waals surface area contributed by atoms with Crippen LogP contribution in [0.15, 0.2) is 6.33 Å². The lowest BCUT2D eigenvalue weighted by Crippen LogP contribution is -2.47. The number of nitro groups is 1. The van der Waals surface area contributed by atoms with Crippen molar-refractivity contribution in [2.45, 2.75) is 12.8 Å². The second-order valence-electron chi connectivity index (χ2n) is 5.96. The molecule has 0 aromatic carbocycles. The first-order chi connectivity index (χ1) is 11.1. The number of carbonyl (C=O) groups is 1. The summed E-state index contributed by atoms with van der Waals surface area (Å²) >= 11 is 0. The Balaban J connectivity index is 1.63. The molecule has 1 amide bonds. The van der Waals surface area contributed by atoms with Gasteiger partial charge in [0.25, 0.3) is 0 Å². The van der Waals surface area contributed by atoms with Crippen LogP contribution in [0.3, 0.4) is 0 Å². The average Bonchev–Trinajstić information content (AvgIpc) is 2.97. The van der Waals surface area contributed by atoms with Crippen LogP contribution in [0.2, 0.25) is 0 Å². The Morgan fingerprint density at radius 1 is 1.30 bits per heavy atom. The molecule has 0 aliphatic carbocycles. The van der Waals surface area contributed by atoms with Crippen molar-refractivity contribution < 1.29 is 14.5 Å². The molecule has 0 saturated carbocycles. The Bertz CT molecular complexity index is 588. The van der Waals surface area contributed by atoms with Gasteiger partial charge in [-0.15, -0.1) is 0 Å². The van der Waals surface area contributed by atoms with E-state index in [0.29, 0.717) is 58.1 Å². The summed E-state index contributed by atoms with van der Waals surface area (Å²) in [6.45, 7) is 3.78. The van der Waals surface area contributed by atoms with Crippen molar-refractivity contribution in [2.24, 2.45) is 13.0 Å². The molecule has 2 aliphatic heterocycles. The third kappa shape index (κ3) is 3.14. The Morgan fingerprint density at radius 3 is 2.57 bits per heavy atom. The molecule has 0 unspecified atom stereocenters. The zero-order valence-electron chi connectivity index (χ0n) is 13.2. The van der Waals surface area contributed by atoms with Crippen molar-refractivity contribution in [3.8, 4) is 0 Å². The molecule has 126 valence electrons. The summed E-state index contributed by atoms with van der Waals surface area (Å²) in [6.07, 6.45) is 2.87. The third-order valence-corrected chi connectivity index (χ3v) is 4.53. The molecule has 9 nitrogen and oxygen atoms in total. The van der Waals surface area contributed by atoms with E-state index in [1.165, 1.54) is 6.33 Å². The molecule has 2 saturated heterocycles. The van der Waals surface area contributed by atoms with Gasteiger partial charge in [-0.1, -0.05) is 0 Å². The topological polar surface area (TPSA) is 93.7 Å². The van der Waals surface area contributed by atoms with Crippen LogP contribution in [0.4, 0.5) is 11.6 Å². The van der Waals surface area contributed by atoms with Gasteiger partial charge in [-0.25, -0.2) is 0 Å². The number of imidazole rings is 1. The number of ether oxygens (including phenoxy) is 1. The molecule has 1 aromatic rings. The number of aryl methyl sites for hydroxylation is 1. The van der Waals surface area contributed by atoms with Crippen molar-refractivity contribution in [3.05, 3.63) is 16.4 Å². The fourth-order valence-electron chi connectivity index (χ4n) is 3.28. The maximum absolute atomic E-state index is 12.5. The van der Waals surface area contributed by atoms with Crippen molar-refractivity contribution >= 4 is 17.5 Å². The highest BCUT2D eigenvalue weighted by atomic mass is 16.6. The van der Waals surface area contributed by atoms with E-state index in [9.17, 15) is 14.9 Å². The first-order valence-electron chi connectivity index (χ1n) is 7.85. The number of hydrogen-bond donors (Lipinski definition) is 0. The highest BCUT2D eigenvalue weighted by Crippen LogP contribution is 2.30. The van der Waals surface area contributed by atoms with Gasteiger partial charge in [0.05, 0.1) is 13.2 Å². The number of anilines is 1. The van der Waals surface area contributed by atoms with Crippen LogP contribution < -0.4 is 4.90 Å². The summed E-state index contributed by atoms with van der Waals surface area (Å²) in [4.78, 5) is 30.8. The van der Waals surface area contributed by atoms with Gasteiger partial charge in [-0.05, 0) is 22.7 Å². The molecule has 3 heterocycles. The van der Waals surface area contributed by atoms with Gasteiger partial charge in [0.1, 0.15) is 0 Å². The van der Waals surface area contributed by atoms with E-state index in [-0.39, 0.29) is 17.6 Å². The SMILES string of the molecule is Cn1cnc([N+](=O)[O-])c1N1CCC(C(=O)N2CCOCC2)CC1. The average molecular weight is 323 g/mol. The molecule has 23 heavy (non-hydrogen) atoms. The number of nitrogens with zero attached hydrogens (tertiary/aromatic N) is 5. The molecule has 0 bridgehead atoms. The quantitative estimate of drug-likeness (QED) is 0.590. The van der Waals surface area contributed by atoms with E-state index in [4.69, 9.17) is 4.74 Å². The van der Waals surface area contributed by atoms with Crippen molar-refractivity contribution in [2.75, 3.05) is 44.3 Å². The Kier molecular flexibility index (Phi) is 4.46. The third-order valence-electron chi connectivity index (χ3n) is 4.53. The maximum atomic E-state index is 12.5. The normalized spacial score (nSPS) is 19.9. The number of carbonyl (C=O) groups excluding carboxylic acids is 1. The van der Waals surface area contributed by atoms with Crippen molar-refractivity contribution in [3.63, 3.8) is 0 Å². The highest BCUT2D eigenvalue weighted by Gasteiger charge is 2.33. The van der Waals surface area contributed by atoms with Gasteiger partial charge >= 0.3 is 5.82 Å². The van der Waals surface area contributed by atoms with Crippen molar-refractivity contribution in [1.29, 1.82) is 0 Å². The second-order valence-corrected chi connectivity index (χ2v) is 5.96. The van der Waals surface area contributed by atoms with Gasteiger partial charge < -0.3 is 24.7 Å². The van der Waals surface area contributed by atoms with Crippen LogP contribution in [0.5, 0.6) is 0 Å². The number of rotatable bonds is 3. The minimum Gasteiger partial charge on any atom is -0.378 e. The van der Waals surface area contributed by atoms with Crippen LogP contribution >= 0.6 is 0 Å². The number of hydrogen-bond acceptors (Lipinski definition) is 6. The summed E-state index contributed by atoms with van der Waals surface area (Å²) in [5, 5.41) is 11.1. The molecule has 2 fully saturated rings. The molecule has 0 spiro atoms. The second kappa shape index (κ2) is 6.53.